The van der Waals surface area contributed by atoms with Crippen LogP contribution in [0.4, 0.5) is 0 Å². The van der Waals surface area contributed by atoms with E-state index in [1.165, 1.54) is 0 Å². The van der Waals surface area contributed by atoms with Crippen molar-refractivity contribution in [3.63, 3.8) is 0 Å². The number of hydrogen-bond donors (Lipinski definition) is 1. The summed E-state index contributed by atoms with van der Waals surface area (Å²) in [7, 11) is 0. The highest BCUT2D eigenvalue weighted by atomic mass is 32.2. The number of thioether (sulfide) groups is 1. The first-order valence-electron chi connectivity index (χ1n) is 5.86. The molecule has 92 valence electrons. The van der Waals surface area contributed by atoms with Crippen molar-refractivity contribution in [2.24, 2.45) is 10.9 Å². The standard InChI is InChI=1S/C12H18N4S/c1-8(2)11-7-17-12(16-11)15-6-10-5-13-9(3)4-14-10/h4-5,8,11H,6-7H2,1-3H3,(H,15,16)/t11-/m1/s1. The third-order valence-corrected chi connectivity index (χ3v) is 3.78. The quantitative estimate of drug-likeness (QED) is 0.891. The second-order valence-corrected chi connectivity index (χ2v) is 5.59. The first kappa shape index (κ1) is 12.4. The number of nitrogens with zero attached hydrogens (tertiary/aromatic N) is 3. The summed E-state index contributed by atoms with van der Waals surface area (Å²) in [5, 5.41) is 4.47. The fourth-order valence-corrected chi connectivity index (χ4v) is 2.71. The van der Waals surface area contributed by atoms with Crippen molar-refractivity contribution in [2.45, 2.75) is 33.4 Å². The van der Waals surface area contributed by atoms with Gasteiger partial charge in [0.1, 0.15) is 0 Å². The van der Waals surface area contributed by atoms with Crippen LogP contribution in [0, 0.1) is 12.8 Å². The van der Waals surface area contributed by atoms with Gasteiger partial charge in [-0.2, -0.15) is 0 Å². The Morgan fingerprint density at radius 1 is 1.47 bits per heavy atom. The largest absolute Gasteiger partial charge is 0.361 e. The number of rotatable bonds is 3. The first-order chi connectivity index (χ1) is 8.15. The number of aliphatic imine (C=N–C) groups is 1. The molecule has 0 spiro atoms. The molecule has 0 bridgehead atoms. The fraction of sp³-hybridized carbons (Fsp3) is 0.583. The molecule has 1 N–H and O–H groups in total. The number of nitrogens with one attached hydrogen (secondary N) is 1. The van der Waals surface area contributed by atoms with E-state index in [1.54, 1.807) is 24.2 Å². The van der Waals surface area contributed by atoms with Crippen LogP contribution in [0.1, 0.15) is 25.2 Å². The minimum Gasteiger partial charge on any atom is -0.361 e. The van der Waals surface area contributed by atoms with E-state index >= 15 is 0 Å². The average molecular weight is 250 g/mol. The molecule has 4 nitrogen and oxygen atoms in total. The zero-order valence-electron chi connectivity index (χ0n) is 10.5. The molecule has 17 heavy (non-hydrogen) atoms. The predicted molar refractivity (Wildman–Crippen MR) is 72.1 cm³/mol. The van der Waals surface area contributed by atoms with Gasteiger partial charge in [-0.05, 0) is 12.8 Å². The maximum absolute atomic E-state index is 4.52. The lowest BCUT2D eigenvalue weighted by atomic mass is 10.1. The fourth-order valence-electron chi connectivity index (χ4n) is 1.51. The lowest BCUT2D eigenvalue weighted by molar-refractivity contribution is 0.503. The summed E-state index contributed by atoms with van der Waals surface area (Å²) in [6, 6.07) is 0.544. The lowest BCUT2D eigenvalue weighted by Gasteiger charge is -2.12. The summed E-state index contributed by atoms with van der Waals surface area (Å²) in [5.74, 6) is 1.75. The SMILES string of the molecule is Cc1cnc(CN=C2N[C@@H](C(C)C)CS2)cn1. The number of amidine groups is 1. The van der Waals surface area contributed by atoms with Crippen LogP contribution in [0.5, 0.6) is 0 Å². The van der Waals surface area contributed by atoms with Gasteiger partial charge in [0.05, 0.1) is 24.1 Å². The van der Waals surface area contributed by atoms with Gasteiger partial charge in [0.25, 0.3) is 0 Å². The molecule has 5 heteroatoms. The van der Waals surface area contributed by atoms with Crippen molar-refractivity contribution in [1.29, 1.82) is 0 Å². The molecule has 1 aliphatic rings. The van der Waals surface area contributed by atoms with E-state index in [0.29, 0.717) is 18.5 Å². The highest BCUT2D eigenvalue weighted by molar-refractivity contribution is 8.14. The van der Waals surface area contributed by atoms with E-state index in [-0.39, 0.29) is 0 Å². The molecular weight excluding hydrogens is 232 g/mol. The highest BCUT2D eigenvalue weighted by Gasteiger charge is 2.22. The van der Waals surface area contributed by atoms with Crippen LogP contribution in [0.25, 0.3) is 0 Å². The van der Waals surface area contributed by atoms with Gasteiger partial charge in [-0.25, -0.2) is 0 Å². The molecule has 0 amide bonds. The summed E-state index contributed by atoms with van der Waals surface area (Å²) in [6.45, 7) is 7.00. The third-order valence-electron chi connectivity index (χ3n) is 2.73. The van der Waals surface area contributed by atoms with Crippen molar-refractivity contribution in [1.82, 2.24) is 15.3 Å². The molecule has 1 aromatic heterocycles. The zero-order chi connectivity index (χ0) is 12.3. The Kier molecular flexibility index (Phi) is 3.99. The maximum Gasteiger partial charge on any atom is 0.157 e. The van der Waals surface area contributed by atoms with Crippen LogP contribution in [0.15, 0.2) is 17.4 Å². The summed E-state index contributed by atoms with van der Waals surface area (Å²) < 4.78 is 0. The van der Waals surface area contributed by atoms with Gasteiger partial charge in [-0.15, -0.1) is 0 Å². The van der Waals surface area contributed by atoms with Crippen molar-refractivity contribution >= 4 is 16.9 Å². The van der Waals surface area contributed by atoms with Gasteiger partial charge < -0.3 is 5.32 Å². The van der Waals surface area contributed by atoms with Crippen LogP contribution < -0.4 is 5.32 Å². The molecule has 2 heterocycles. The van der Waals surface area contributed by atoms with Crippen molar-refractivity contribution in [3.8, 4) is 0 Å². The van der Waals surface area contributed by atoms with Gasteiger partial charge in [0.2, 0.25) is 0 Å². The minimum absolute atomic E-state index is 0.544. The smallest absolute Gasteiger partial charge is 0.157 e. The molecule has 1 fully saturated rings. The van der Waals surface area contributed by atoms with E-state index in [1.807, 2.05) is 6.92 Å². The maximum atomic E-state index is 4.52. The summed E-state index contributed by atoms with van der Waals surface area (Å²) in [5.41, 5.74) is 1.85. The summed E-state index contributed by atoms with van der Waals surface area (Å²) in [6.07, 6.45) is 3.57. The topological polar surface area (TPSA) is 50.2 Å². The Hall–Kier alpha value is -1.10. The van der Waals surface area contributed by atoms with E-state index < -0.39 is 0 Å². The monoisotopic (exact) mass is 250 g/mol. The Balaban J connectivity index is 1.91. The van der Waals surface area contributed by atoms with Gasteiger partial charge in [0.15, 0.2) is 5.17 Å². The Labute approximate surface area is 106 Å². The van der Waals surface area contributed by atoms with Crippen LogP contribution in [0.2, 0.25) is 0 Å². The molecule has 0 unspecified atom stereocenters. The van der Waals surface area contributed by atoms with Crippen molar-refractivity contribution in [2.75, 3.05) is 5.75 Å². The molecule has 2 rings (SSSR count). The predicted octanol–water partition coefficient (Wildman–Crippen LogP) is 2.00. The zero-order valence-corrected chi connectivity index (χ0v) is 11.3. The Morgan fingerprint density at radius 2 is 2.29 bits per heavy atom. The second-order valence-electron chi connectivity index (χ2n) is 4.58. The van der Waals surface area contributed by atoms with Crippen LogP contribution in [-0.2, 0) is 6.54 Å². The molecule has 0 aliphatic carbocycles. The molecule has 1 aromatic rings. The normalized spacial score (nSPS) is 22.1. The average Bonchev–Trinajstić information content (AvgIpc) is 2.77. The molecule has 1 atom stereocenters. The first-order valence-corrected chi connectivity index (χ1v) is 6.85. The summed E-state index contributed by atoms with van der Waals surface area (Å²) >= 11 is 1.79. The molecule has 0 aromatic carbocycles. The Bertz CT molecular complexity index is 399. The van der Waals surface area contributed by atoms with Gasteiger partial charge >= 0.3 is 0 Å². The van der Waals surface area contributed by atoms with Crippen LogP contribution in [0.3, 0.4) is 0 Å². The molecular formula is C12H18N4S. The number of aryl methyl sites for hydroxylation is 1. The van der Waals surface area contributed by atoms with E-state index in [4.69, 9.17) is 0 Å². The number of aromatic nitrogens is 2. The van der Waals surface area contributed by atoms with Crippen molar-refractivity contribution in [3.05, 3.63) is 23.8 Å². The van der Waals surface area contributed by atoms with E-state index in [0.717, 1.165) is 22.3 Å². The number of hydrogen-bond acceptors (Lipinski definition) is 4. The second kappa shape index (κ2) is 5.49. The lowest BCUT2D eigenvalue weighted by Crippen LogP contribution is -2.31. The molecule has 1 saturated heterocycles. The van der Waals surface area contributed by atoms with E-state index in [2.05, 4.69) is 34.1 Å². The van der Waals surface area contributed by atoms with Gasteiger partial charge in [-0.3, -0.25) is 15.0 Å². The third kappa shape index (κ3) is 3.43. The van der Waals surface area contributed by atoms with E-state index in [9.17, 15) is 0 Å². The highest BCUT2D eigenvalue weighted by Crippen LogP contribution is 2.19. The summed E-state index contributed by atoms with van der Waals surface area (Å²) in [4.78, 5) is 13.0. The van der Waals surface area contributed by atoms with Crippen LogP contribution in [-0.4, -0.2) is 26.9 Å². The van der Waals surface area contributed by atoms with Crippen LogP contribution >= 0.6 is 11.8 Å². The molecule has 1 aliphatic heterocycles. The van der Waals surface area contributed by atoms with Gasteiger partial charge in [0, 0.05) is 18.0 Å². The van der Waals surface area contributed by atoms with Gasteiger partial charge in [-0.1, -0.05) is 25.6 Å². The molecule has 0 radical (unpaired) electrons. The molecule has 0 saturated carbocycles. The Morgan fingerprint density at radius 3 is 2.88 bits per heavy atom. The van der Waals surface area contributed by atoms with Crippen molar-refractivity contribution < 1.29 is 0 Å². The minimum atomic E-state index is 0.544.